The Morgan fingerprint density at radius 2 is 1.77 bits per heavy atom. The van der Waals surface area contributed by atoms with Crippen molar-refractivity contribution in [2.75, 3.05) is 13.6 Å². The molecule has 2 aromatic rings. The van der Waals surface area contributed by atoms with Crippen molar-refractivity contribution < 1.29 is 4.74 Å². The molecule has 4 nitrogen and oxygen atoms in total. The first-order valence-electron chi connectivity index (χ1n) is 9.08. The van der Waals surface area contributed by atoms with Gasteiger partial charge < -0.3 is 15.4 Å². The van der Waals surface area contributed by atoms with E-state index in [4.69, 9.17) is 4.74 Å². The Bertz CT molecular complexity index is 687. The number of guanidine groups is 1. The van der Waals surface area contributed by atoms with E-state index in [9.17, 15) is 0 Å². The maximum absolute atomic E-state index is 6.09. The average molecular weight is 465 g/mol. The molecule has 0 amide bonds. The zero-order chi connectivity index (χ0) is 17.3. The van der Waals surface area contributed by atoms with Gasteiger partial charge in [0.25, 0.3) is 0 Å². The molecule has 3 rings (SSSR count). The fourth-order valence-electron chi connectivity index (χ4n) is 2.80. The van der Waals surface area contributed by atoms with Crippen LogP contribution in [0.15, 0.2) is 59.6 Å². The Kier molecular flexibility index (Phi) is 8.74. The van der Waals surface area contributed by atoms with E-state index in [-0.39, 0.29) is 24.0 Å². The van der Waals surface area contributed by atoms with Crippen LogP contribution in [0.3, 0.4) is 0 Å². The topological polar surface area (TPSA) is 45.7 Å². The molecule has 0 unspecified atom stereocenters. The minimum Gasteiger partial charge on any atom is -0.490 e. The molecule has 1 saturated carbocycles. The number of para-hydroxylation sites is 1. The van der Waals surface area contributed by atoms with E-state index in [2.05, 4.69) is 58.1 Å². The van der Waals surface area contributed by atoms with Crippen LogP contribution in [0.4, 0.5) is 0 Å². The van der Waals surface area contributed by atoms with Crippen LogP contribution >= 0.6 is 24.0 Å². The molecule has 0 radical (unpaired) electrons. The first-order chi connectivity index (χ1) is 12.3. The van der Waals surface area contributed by atoms with Crippen LogP contribution in [-0.2, 0) is 13.0 Å². The van der Waals surface area contributed by atoms with Crippen molar-refractivity contribution in [2.45, 2.75) is 38.3 Å². The second kappa shape index (κ2) is 11.1. The van der Waals surface area contributed by atoms with E-state index >= 15 is 0 Å². The van der Waals surface area contributed by atoms with Crippen molar-refractivity contribution in [3.63, 3.8) is 0 Å². The highest BCUT2D eigenvalue weighted by molar-refractivity contribution is 14.0. The summed E-state index contributed by atoms with van der Waals surface area (Å²) in [6, 6.07) is 18.7. The van der Waals surface area contributed by atoms with Crippen molar-refractivity contribution in [2.24, 2.45) is 4.99 Å². The monoisotopic (exact) mass is 465 g/mol. The van der Waals surface area contributed by atoms with Gasteiger partial charge in [0.15, 0.2) is 5.96 Å². The lowest BCUT2D eigenvalue weighted by molar-refractivity contribution is 0.119. The molecule has 1 aliphatic rings. The molecule has 0 heterocycles. The third-order valence-corrected chi connectivity index (χ3v) is 4.54. The molecule has 0 aromatic heterocycles. The zero-order valence-corrected chi connectivity index (χ0v) is 17.6. The van der Waals surface area contributed by atoms with E-state index < -0.39 is 0 Å². The molecule has 0 saturated heterocycles. The van der Waals surface area contributed by atoms with Crippen LogP contribution in [0.5, 0.6) is 5.75 Å². The largest absolute Gasteiger partial charge is 0.490 e. The molecule has 1 fully saturated rings. The van der Waals surface area contributed by atoms with Gasteiger partial charge in [-0.2, -0.15) is 0 Å². The molecule has 2 aromatic carbocycles. The van der Waals surface area contributed by atoms with Crippen molar-refractivity contribution in [1.82, 2.24) is 10.6 Å². The molecule has 0 bridgehead atoms. The van der Waals surface area contributed by atoms with Gasteiger partial charge in [-0.1, -0.05) is 48.5 Å². The van der Waals surface area contributed by atoms with Gasteiger partial charge in [0, 0.05) is 25.7 Å². The van der Waals surface area contributed by atoms with Crippen LogP contribution < -0.4 is 15.4 Å². The van der Waals surface area contributed by atoms with Crippen molar-refractivity contribution in [1.29, 1.82) is 0 Å². The standard InChI is InChI=1S/C21H27N3O.HI/c1-22-21(23-15-14-17-8-3-2-4-9-17)24-16-18-10-5-6-13-20(18)25-19-11-7-12-19;/h2-6,8-10,13,19H,7,11-12,14-16H2,1H3,(H2,22,23,24);1H. The Morgan fingerprint density at radius 3 is 2.46 bits per heavy atom. The molecular formula is C21H28IN3O. The summed E-state index contributed by atoms with van der Waals surface area (Å²) in [5, 5.41) is 6.75. The van der Waals surface area contributed by atoms with Crippen LogP contribution in [-0.4, -0.2) is 25.7 Å². The zero-order valence-electron chi connectivity index (χ0n) is 15.3. The third-order valence-electron chi connectivity index (χ3n) is 4.54. The summed E-state index contributed by atoms with van der Waals surface area (Å²) in [7, 11) is 1.80. The summed E-state index contributed by atoms with van der Waals surface area (Å²) in [5.41, 5.74) is 2.49. The summed E-state index contributed by atoms with van der Waals surface area (Å²) >= 11 is 0. The lowest BCUT2D eigenvalue weighted by atomic mass is 9.96. The van der Waals surface area contributed by atoms with Crippen molar-refractivity contribution in [3.8, 4) is 5.75 Å². The third kappa shape index (κ3) is 6.20. The van der Waals surface area contributed by atoms with E-state index in [1.165, 1.54) is 30.4 Å². The van der Waals surface area contributed by atoms with Crippen LogP contribution in [0.2, 0.25) is 0 Å². The number of hydrogen-bond acceptors (Lipinski definition) is 2. The number of rotatable bonds is 7. The number of benzene rings is 2. The summed E-state index contributed by atoms with van der Waals surface area (Å²) in [6.45, 7) is 1.55. The minimum atomic E-state index is 0. The van der Waals surface area contributed by atoms with Gasteiger partial charge in [0.2, 0.25) is 0 Å². The Morgan fingerprint density at radius 1 is 1.04 bits per heavy atom. The first kappa shape index (κ1) is 20.6. The second-order valence-corrected chi connectivity index (χ2v) is 6.37. The average Bonchev–Trinajstić information content (AvgIpc) is 2.63. The maximum Gasteiger partial charge on any atom is 0.191 e. The number of ether oxygens (including phenoxy) is 1. The van der Waals surface area contributed by atoms with E-state index in [0.29, 0.717) is 12.6 Å². The van der Waals surface area contributed by atoms with E-state index in [0.717, 1.165) is 24.7 Å². The van der Waals surface area contributed by atoms with Crippen LogP contribution in [0.25, 0.3) is 0 Å². The Balaban J connectivity index is 0.00000243. The highest BCUT2D eigenvalue weighted by atomic mass is 127. The van der Waals surface area contributed by atoms with Crippen molar-refractivity contribution >= 4 is 29.9 Å². The quantitative estimate of drug-likeness (QED) is 0.367. The maximum atomic E-state index is 6.09. The highest BCUT2D eigenvalue weighted by Crippen LogP contribution is 2.27. The predicted molar refractivity (Wildman–Crippen MR) is 118 cm³/mol. The lowest BCUT2D eigenvalue weighted by Gasteiger charge is -2.27. The number of hydrogen-bond donors (Lipinski definition) is 2. The summed E-state index contributed by atoms with van der Waals surface area (Å²) in [4.78, 5) is 4.31. The fourth-order valence-corrected chi connectivity index (χ4v) is 2.80. The predicted octanol–water partition coefficient (Wildman–Crippen LogP) is 4.14. The Hall–Kier alpha value is -1.76. The van der Waals surface area contributed by atoms with Gasteiger partial charge in [-0.15, -0.1) is 24.0 Å². The SMILES string of the molecule is CN=C(NCCc1ccccc1)NCc1ccccc1OC1CCC1.I. The Labute approximate surface area is 173 Å². The molecule has 2 N–H and O–H groups in total. The number of halogens is 1. The number of nitrogens with zero attached hydrogens (tertiary/aromatic N) is 1. The number of nitrogens with one attached hydrogen (secondary N) is 2. The van der Waals surface area contributed by atoms with Crippen molar-refractivity contribution in [3.05, 3.63) is 65.7 Å². The molecule has 0 atom stereocenters. The van der Waals surface area contributed by atoms with Gasteiger partial charge in [-0.3, -0.25) is 4.99 Å². The molecule has 140 valence electrons. The van der Waals surface area contributed by atoms with Gasteiger partial charge >= 0.3 is 0 Å². The minimum absolute atomic E-state index is 0. The highest BCUT2D eigenvalue weighted by Gasteiger charge is 2.20. The van der Waals surface area contributed by atoms with Gasteiger partial charge in [-0.25, -0.2) is 0 Å². The molecule has 26 heavy (non-hydrogen) atoms. The fraction of sp³-hybridized carbons (Fsp3) is 0.381. The molecule has 5 heteroatoms. The first-order valence-corrected chi connectivity index (χ1v) is 9.08. The summed E-state index contributed by atoms with van der Waals surface area (Å²) in [5.74, 6) is 1.80. The van der Waals surface area contributed by atoms with E-state index in [1.807, 2.05) is 12.1 Å². The molecule has 0 aliphatic heterocycles. The molecule has 1 aliphatic carbocycles. The summed E-state index contributed by atoms with van der Waals surface area (Å²) < 4.78 is 6.09. The molecule has 0 spiro atoms. The van der Waals surface area contributed by atoms with Gasteiger partial charge in [0.1, 0.15) is 5.75 Å². The normalized spacial score (nSPS) is 14.1. The van der Waals surface area contributed by atoms with Crippen LogP contribution in [0, 0.1) is 0 Å². The molecular weight excluding hydrogens is 437 g/mol. The van der Waals surface area contributed by atoms with E-state index in [1.54, 1.807) is 7.05 Å². The lowest BCUT2D eigenvalue weighted by Crippen LogP contribution is -2.38. The van der Waals surface area contributed by atoms with Gasteiger partial charge in [0.05, 0.1) is 6.10 Å². The van der Waals surface area contributed by atoms with Crippen LogP contribution in [0.1, 0.15) is 30.4 Å². The smallest absolute Gasteiger partial charge is 0.191 e. The number of aliphatic imine (C=N–C) groups is 1. The van der Waals surface area contributed by atoms with Gasteiger partial charge in [-0.05, 0) is 37.3 Å². The second-order valence-electron chi connectivity index (χ2n) is 6.37. The summed E-state index contributed by atoms with van der Waals surface area (Å²) in [6.07, 6.45) is 4.99.